The van der Waals surface area contributed by atoms with E-state index in [0.29, 0.717) is 0 Å². The molecule has 0 spiro atoms. The van der Waals surface area contributed by atoms with Gasteiger partial charge in [-0.05, 0) is 0 Å². The van der Waals surface area contributed by atoms with Crippen LogP contribution in [0.5, 0.6) is 0 Å². The Bertz CT molecular complexity index is 1970. The summed E-state index contributed by atoms with van der Waals surface area (Å²) in [7, 11) is 0. The molecule has 83 heavy (non-hydrogen) atoms. The maximum absolute atomic E-state index is 12.0. The molecule has 38 nitrogen and oxygen atoms in total. The summed E-state index contributed by atoms with van der Waals surface area (Å²) in [5.41, 5.74) is 0. The molecule has 0 amide bonds. The third-order valence-electron chi connectivity index (χ3n) is 15.4. The smallest absolute Gasteiger partial charge is 0.187 e. The highest BCUT2D eigenvalue weighted by atomic mass is 16.8. The van der Waals surface area contributed by atoms with Gasteiger partial charge in [-0.1, -0.05) is 0 Å². The minimum atomic E-state index is -2.39. The van der Waals surface area contributed by atoms with Crippen LogP contribution < -0.4 is 0 Å². The van der Waals surface area contributed by atoms with Crippen LogP contribution in [0.2, 0.25) is 0 Å². The Balaban J connectivity index is 1.06. The number of aliphatic hydroxyl groups excluding tert-OH is 23. The van der Waals surface area contributed by atoms with Gasteiger partial charge in [0.25, 0.3) is 0 Å². The Labute approximate surface area is 468 Å². The fraction of sp³-hybridized carbons (Fsp3) is 1.00. The van der Waals surface area contributed by atoms with Gasteiger partial charge in [0.05, 0.1) is 52.9 Å². The Hall–Kier alpha value is -1.52. The third-order valence-corrected chi connectivity index (χ3v) is 15.4. The van der Waals surface area contributed by atoms with Crippen molar-refractivity contribution in [2.75, 3.05) is 52.9 Å². The van der Waals surface area contributed by atoms with Crippen molar-refractivity contribution in [1.82, 2.24) is 0 Å². The van der Waals surface area contributed by atoms with Crippen LogP contribution in [0.25, 0.3) is 0 Å². The molecule has 0 aliphatic carbocycles. The zero-order valence-electron chi connectivity index (χ0n) is 43.4. The summed E-state index contributed by atoms with van der Waals surface area (Å²) in [4.78, 5) is 0. The van der Waals surface area contributed by atoms with E-state index in [1.54, 1.807) is 0 Å². The van der Waals surface area contributed by atoms with E-state index in [9.17, 15) is 117 Å². The van der Waals surface area contributed by atoms with Crippen LogP contribution in [0.4, 0.5) is 0 Å². The first-order valence-electron chi connectivity index (χ1n) is 26.4. The molecule has 0 radical (unpaired) electrons. The molecule has 0 aromatic carbocycles. The summed E-state index contributed by atoms with van der Waals surface area (Å²) < 4.78 is 84.8. The molecule has 0 aromatic heterocycles. The third kappa shape index (κ3) is 14.6. The molecule has 484 valence electrons. The molecule has 8 aliphatic rings. The average molecular weight is 1230 g/mol. The number of rotatable bonds is 19. The Kier molecular flexibility index (Phi) is 23.5. The van der Waals surface area contributed by atoms with E-state index in [1.165, 1.54) is 0 Å². The van der Waals surface area contributed by atoms with E-state index in [2.05, 4.69) is 0 Å². The summed E-state index contributed by atoms with van der Waals surface area (Å²) in [6.07, 6.45) is -72.3. The van der Waals surface area contributed by atoms with E-state index >= 15 is 0 Å². The molecule has 0 saturated carbocycles. The first kappa shape index (κ1) is 67.4. The van der Waals surface area contributed by atoms with Crippen LogP contribution in [0, 0.1) is 0 Å². The maximum atomic E-state index is 12.0. The number of aliphatic hydroxyl groups is 23. The van der Waals surface area contributed by atoms with E-state index in [4.69, 9.17) is 71.1 Å². The van der Waals surface area contributed by atoms with Crippen molar-refractivity contribution in [3.8, 4) is 0 Å². The molecule has 23 N–H and O–H groups in total. The molecule has 8 aliphatic heterocycles. The molecule has 0 unspecified atom stereocenters. The van der Waals surface area contributed by atoms with Crippen LogP contribution in [0.1, 0.15) is 0 Å². The lowest BCUT2D eigenvalue weighted by molar-refractivity contribution is -0.395. The van der Waals surface area contributed by atoms with Gasteiger partial charge < -0.3 is 189 Å². The standard InChI is InChI=1S/C45H76O38/c46-1-12-20(54)22(56)30(64)41(76-12)83-37-19(53)11(50)5-71-45(37)74-8-16-36(81-42-31(65)23(57)21(55)14(77-42)6-72-39-28(62)17(51)9(48)3-69-39)26(60)33(67)44(79-16)82-35-15(7-73-40-29(63)18(52)10(49)4-70-40)78-43(32(66)25(35)59)80-34-13(2-47)75-38(68)27(61)24(34)58/h9-68H,1-8H2/t9-,10-,11-,12-,13-,14-,15-,16-,17+,18+,19+,20+,21-,22+,23+,24-,25-,26-,27-,28-,29-,30-,31-,32-,33-,34-,35-,36-,37-,38-,39-,40-,41+,42+,43+,44+,45-/m1/s1. The lowest BCUT2D eigenvalue weighted by atomic mass is 9.95. The maximum Gasteiger partial charge on any atom is 0.187 e. The second-order valence-electron chi connectivity index (χ2n) is 21.2. The molecule has 8 saturated heterocycles. The van der Waals surface area contributed by atoms with Crippen molar-refractivity contribution in [3.63, 3.8) is 0 Å². The minimum Gasteiger partial charge on any atom is -0.394 e. The summed E-state index contributed by atoms with van der Waals surface area (Å²) >= 11 is 0. The van der Waals surface area contributed by atoms with Crippen LogP contribution >= 0.6 is 0 Å². The Morgan fingerprint density at radius 2 is 0.566 bits per heavy atom. The molecule has 0 bridgehead atoms. The zero-order valence-corrected chi connectivity index (χ0v) is 43.4. The number of hydrogen-bond acceptors (Lipinski definition) is 38. The normalized spacial score (nSPS) is 53.9. The SMILES string of the molecule is OC[C@H]1O[C@@H](O[C@H]2[C@@H](OC[C@H]3O[C@@H](O[C@H]4[C@H](O)[C@@H](O)[C@H](O[C@H]5[C@H](O)[C@@H](O)[C@H](O)O[C@@H]5CO)O[C@@H]4CO[C@H]4OC[C@@H](O)[C@H](O)[C@H]4O)[C@H](O)[C@@H](O)[C@@H]3O[C@@H]3O[C@H](CO[C@H]4OC[C@@H](O)[C@H](O)[C@H]4O)[C@@H](O)[C@H](O)[C@H]3O)OC[C@@H](O)[C@@H]2O)[C@H](O)[C@@H](O)[C@H]1O. The van der Waals surface area contributed by atoms with Gasteiger partial charge in [-0.25, -0.2) is 0 Å². The van der Waals surface area contributed by atoms with Gasteiger partial charge in [0, 0.05) is 0 Å². The lowest BCUT2D eigenvalue weighted by Gasteiger charge is -2.49. The monoisotopic (exact) mass is 1220 g/mol. The first-order valence-corrected chi connectivity index (χ1v) is 26.4. The Morgan fingerprint density at radius 1 is 0.253 bits per heavy atom. The van der Waals surface area contributed by atoms with Gasteiger partial charge in [0.2, 0.25) is 0 Å². The minimum absolute atomic E-state index is 0.509. The van der Waals surface area contributed by atoms with Crippen molar-refractivity contribution in [3.05, 3.63) is 0 Å². The summed E-state index contributed by atoms with van der Waals surface area (Å²) in [6.45, 7) is -6.37. The van der Waals surface area contributed by atoms with Crippen LogP contribution in [0.3, 0.4) is 0 Å². The van der Waals surface area contributed by atoms with Crippen molar-refractivity contribution in [1.29, 1.82) is 0 Å². The zero-order chi connectivity index (χ0) is 60.6. The highest BCUT2D eigenvalue weighted by Gasteiger charge is 2.57. The van der Waals surface area contributed by atoms with Crippen molar-refractivity contribution >= 4 is 0 Å². The summed E-state index contributed by atoms with van der Waals surface area (Å²) in [6, 6.07) is 0. The number of hydrogen-bond donors (Lipinski definition) is 23. The predicted octanol–water partition coefficient (Wildman–Crippen LogP) is -16.5. The predicted molar refractivity (Wildman–Crippen MR) is 246 cm³/mol. The quantitative estimate of drug-likeness (QED) is 0.0571. The van der Waals surface area contributed by atoms with Crippen LogP contribution in [-0.4, -0.2) is 398 Å². The largest absolute Gasteiger partial charge is 0.394 e. The fourth-order valence-corrected chi connectivity index (χ4v) is 10.3. The number of ether oxygens (including phenoxy) is 15. The second-order valence-corrected chi connectivity index (χ2v) is 21.2. The molecular formula is C45H76O38. The highest BCUT2D eigenvalue weighted by molar-refractivity contribution is 5.00. The molecule has 37 atom stereocenters. The van der Waals surface area contributed by atoms with Gasteiger partial charge in [0.15, 0.2) is 50.3 Å². The molecule has 0 aromatic rings. The van der Waals surface area contributed by atoms with Gasteiger partial charge in [-0.15, -0.1) is 0 Å². The van der Waals surface area contributed by atoms with E-state index < -0.39 is 280 Å². The molecule has 8 heterocycles. The molecule has 38 heteroatoms. The van der Waals surface area contributed by atoms with Gasteiger partial charge in [-0.2, -0.15) is 0 Å². The summed E-state index contributed by atoms with van der Waals surface area (Å²) in [5, 5.41) is 246. The van der Waals surface area contributed by atoms with Crippen molar-refractivity contribution < 1.29 is 189 Å². The van der Waals surface area contributed by atoms with Crippen LogP contribution in [-0.2, 0) is 71.1 Å². The topological polar surface area (TPSA) is 604 Å². The first-order chi connectivity index (χ1) is 39.3. The molecule has 8 fully saturated rings. The van der Waals surface area contributed by atoms with E-state index in [-0.39, 0.29) is 0 Å². The van der Waals surface area contributed by atoms with Gasteiger partial charge in [-0.3, -0.25) is 0 Å². The molecular weight excluding hydrogens is 1150 g/mol. The second kappa shape index (κ2) is 29.0. The van der Waals surface area contributed by atoms with Crippen LogP contribution in [0.15, 0.2) is 0 Å². The lowest BCUT2D eigenvalue weighted by Crippen LogP contribution is -2.68. The van der Waals surface area contributed by atoms with Crippen molar-refractivity contribution in [2.24, 2.45) is 0 Å². The fourth-order valence-electron chi connectivity index (χ4n) is 10.3. The Morgan fingerprint density at radius 3 is 1.01 bits per heavy atom. The van der Waals surface area contributed by atoms with E-state index in [1.807, 2.05) is 0 Å². The van der Waals surface area contributed by atoms with Gasteiger partial charge in [0.1, 0.15) is 177 Å². The molecule has 8 rings (SSSR count). The van der Waals surface area contributed by atoms with Gasteiger partial charge >= 0.3 is 0 Å². The van der Waals surface area contributed by atoms with E-state index in [0.717, 1.165) is 0 Å². The average Bonchev–Trinajstić information content (AvgIpc) is 3.35. The van der Waals surface area contributed by atoms with Crippen molar-refractivity contribution in [2.45, 2.75) is 227 Å². The summed E-state index contributed by atoms with van der Waals surface area (Å²) in [5.74, 6) is 0. The highest BCUT2D eigenvalue weighted by Crippen LogP contribution is 2.37.